The van der Waals surface area contributed by atoms with Crippen LogP contribution in [0.2, 0.25) is 0 Å². The van der Waals surface area contributed by atoms with Crippen molar-refractivity contribution in [3.63, 3.8) is 0 Å². The third kappa shape index (κ3) is 5.55. The molecule has 0 saturated heterocycles. The number of aliphatic hydroxyl groups excluding tert-OH is 1. The topological polar surface area (TPSA) is 71.5 Å². The summed E-state index contributed by atoms with van der Waals surface area (Å²) in [4.78, 5) is 8.29. The highest BCUT2D eigenvalue weighted by Gasteiger charge is 2.09. The van der Waals surface area contributed by atoms with Gasteiger partial charge >= 0.3 is 0 Å². The van der Waals surface area contributed by atoms with Crippen LogP contribution in [0, 0.1) is 18.8 Å². The van der Waals surface area contributed by atoms with Gasteiger partial charge < -0.3 is 10.8 Å². The van der Waals surface area contributed by atoms with Crippen molar-refractivity contribution in [3.8, 4) is 0 Å². The van der Waals surface area contributed by atoms with Gasteiger partial charge in [-0.25, -0.2) is 9.98 Å². The molecule has 0 bridgehead atoms. The molecule has 1 atom stereocenters. The van der Waals surface area contributed by atoms with Crippen molar-refractivity contribution < 1.29 is 5.11 Å². The van der Waals surface area contributed by atoms with Gasteiger partial charge in [-0.1, -0.05) is 26.8 Å². The number of aliphatic imine (C=N–C) groups is 1. The summed E-state index contributed by atoms with van der Waals surface area (Å²) in [5.41, 5.74) is 6.86. The summed E-state index contributed by atoms with van der Waals surface area (Å²) in [7, 11) is 0. The molecule has 104 valence electrons. The van der Waals surface area contributed by atoms with Crippen molar-refractivity contribution in [2.45, 2.75) is 34.1 Å². The third-order valence-corrected chi connectivity index (χ3v) is 2.77. The zero-order valence-electron chi connectivity index (χ0n) is 12.1. The average Bonchev–Trinajstić information content (AvgIpc) is 2.31. The molecule has 0 unspecified atom stereocenters. The monoisotopic (exact) mass is 261 g/mol. The second-order valence-electron chi connectivity index (χ2n) is 5.33. The first-order valence-electron chi connectivity index (χ1n) is 6.56. The minimum absolute atomic E-state index is 0.0831. The summed E-state index contributed by atoms with van der Waals surface area (Å²) >= 11 is 0. The van der Waals surface area contributed by atoms with Crippen molar-refractivity contribution in [1.29, 1.82) is 0 Å². The van der Waals surface area contributed by atoms with Crippen LogP contribution in [0.5, 0.6) is 0 Å². The van der Waals surface area contributed by atoms with Crippen LogP contribution in [0.1, 0.15) is 32.8 Å². The molecule has 4 heteroatoms. The number of amidine groups is 1. The molecule has 4 nitrogen and oxygen atoms in total. The van der Waals surface area contributed by atoms with E-state index in [0.717, 1.165) is 12.0 Å². The SMILES string of the molecule is Cc1ccc(N=C(N)/C=C(\O)[C@H](C)CC(C)C)nc1. The number of aryl methyl sites for hydroxylation is 1. The molecule has 0 aliphatic heterocycles. The Balaban J connectivity index is 2.76. The maximum atomic E-state index is 9.94. The lowest BCUT2D eigenvalue weighted by atomic mass is 9.97. The molecule has 0 spiro atoms. The summed E-state index contributed by atoms with van der Waals surface area (Å²) in [5.74, 6) is 1.69. The van der Waals surface area contributed by atoms with Gasteiger partial charge in [-0.05, 0) is 30.9 Å². The number of nitrogens with zero attached hydrogens (tertiary/aromatic N) is 2. The molecule has 19 heavy (non-hydrogen) atoms. The van der Waals surface area contributed by atoms with Gasteiger partial charge in [0.1, 0.15) is 5.84 Å². The first-order valence-corrected chi connectivity index (χ1v) is 6.56. The fourth-order valence-electron chi connectivity index (χ4n) is 1.81. The van der Waals surface area contributed by atoms with E-state index >= 15 is 0 Å². The lowest BCUT2D eigenvalue weighted by Crippen LogP contribution is -2.12. The van der Waals surface area contributed by atoms with Crippen LogP contribution in [-0.4, -0.2) is 15.9 Å². The third-order valence-electron chi connectivity index (χ3n) is 2.77. The summed E-state index contributed by atoms with van der Waals surface area (Å²) in [6, 6.07) is 3.72. The van der Waals surface area contributed by atoms with Crippen molar-refractivity contribution >= 4 is 11.7 Å². The normalized spacial score (nSPS) is 14.8. The molecule has 0 aliphatic rings. The van der Waals surface area contributed by atoms with Crippen molar-refractivity contribution in [1.82, 2.24) is 4.98 Å². The van der Waals surface area contributed by atoms with Gasteiger partial charge in [0.15, 0.2) is 5.82 Å². The molecule has 1 aromatic rings. The van der Waals surface area contributed by atoms with Crippen LogP contribution in [0.4, 0.5) is 5.82 Å². The Hall–Kier alpha value is -1.84. The quantitative estimate of drug-likeness (QED) is 0.484. The number of rotatable bonds is 5. The minimum atomic E-state index is 0.0831. The minimum Gasteiger partial charge on any atom is -0.512 e. The van der Waals surface area contributed by atoms with Gasteiger partial charge in [0.25, 0.3) is 0 Å². The van der Waals surface area contributed by atoms with Gasteiger partial charge in [0.2, 0.25) is 0 Å². The van der Waals surface area contributed by atoms with E-state index in [1.165, 1.54) is 6.08 Å². The molecule has 1 heterocycles. The molecule has 0 amide bonds. The molecular weight excluding hydrogens is 238 g/mol. The number of hydrogen-bond acceptors (Lipinski definition) is 3. The van der Waals surface area contributed by atoms with Crippen molar-refractivity contribution in [3.05, 3.63) is 35.7 Å². The molecule has 0 saturated carbocycles. The summed E-state index contributed by atoms with van der Waals surface area (Å²) in [6.45, 7) is 8.18. The van der Waals surface area contributed by atoms with Crippen molar-refractivity contribution in [2.24, 2.45) is 22.6 Å². The average molecular weight is 261 g/mol. The van der Waals surface area contributed by atoms with E-state index in [1.54, 1.807) is 12.3 Å². The number of pyridine rings is 1. The van der Waals surface area contributed by atoms with Crippen LogP contribution in [0.3, 0.4) is 0 Å². The van der Waals surface area contributed by atoms with E-state index in [2.05, 4.69) is 23.8 Å². The van der Waals surface area contributed by atoms with E-state index in [0.29, 0.717) is 11.7 Å². The summed E-state index contributed by atoms with van der Waals surface area (Å²) < 4.78 is 0. The lowest BCUT2D eigenvalue weighted by molar-refractivity contribution is 0.313. The van der Waals surface area contributed by atoms with Gasteiger partial charge in [0.05, 0.1) is 5.76 Å². The van der Waals surface area contributed by atoms with Gasteiger partial charge in [-0.2, -0.15) is 0 Å². The van der Waals surface area contributed by atoms with Crippen LogP contribution in [0.25, 0.3) is 0 Å². The largest absolute Gasteiger partial charge is 0.512 e. The zero-order chi connectivity index (χ0) is 14.4. The maximum Gasteiger partial charge on any atom is 0.154 e. The molecule has 0 aromatic carbocycles. The Morgan fingerprint density at radius 2 is 2.11 bits per heavy atom. The van der Waals surface area contributed by atoms with E-state index < -0.39 is 0 Å². The lowest BCUT2D eigenvalue weighted by Gasteiger charge is -2.12. The maximum absolute atomic E-state index is 9.94. The Labute approximate surface area is 115 Å². The Morgan fingerprint density at radius 3 is 2.63 bits per heavy atom. The van der Waals surface area contributed by atoms with Crippen LogP contribution >= 0.6 is 0 Å². The first-order chi connectivity index (χ1) is 8.88. The van der Waals surface area contributed by atoms with Crippen LogP contribution in [-0.2, 0) is 0 Å². The number of hydrogen-bond donors (Lipinski definition) is 2. The Bertz CT molecular complexity index is 461. The molecule has 0 radical (unpaired) electrons. The van der Waals surface area contributed by atoms with Gasteiger partial charge in [-0.15, -0.1) is 0 Å². The highest BCUT2D eigenvalue weighted by atomic mass is 16.3. The zero-order valence-corrected chi connectivity index (χ0v) is 12.1. The van der Waals surface area contributed by atoms with Gasteiger partial charge in [0, 0.05) is 18.2 Å². The molecule has 0 aliphatic carbocycles. The molecule has 3 N–H and O–H groups in total. The Kier molecular flexibility index (Phi) is 5.55. The summed E-state index contributed by atoms with van der Waals surface area (Å²) in [5, 5.41) is 9.94. The number of aliphatic hydroxyl groups is 1. The van der Waals surface area contributed by atoms with E-state index in [1.807, 2.05) is 19.9 Å². The number of allylic oxidation sites excluding steroid dienone is 1. The Morgan fingerprint density at radius 1 is 1.42 bits per heavy atom. The number of nitrogens with two attached hydrogens (primary N) is 1. The highest BCUT2D eigenvalue weighted by molar-refractivity contribution is 5.93. The van der Waals surface area contributed by atoms with E-state index in [-0.39, 0.29) is 17.5 Å². The van der Waals surface area contributed by atoms with Crippen LogP contribution in [0.15, 0.2) is 35.2 Å². The predicted octanol–water partition coefficient (Wildman–Crippen LogP) is 3.50. The highest BCUT2D eigenvalue weighted by Crippen LogP contribution is 2.17. The van der Waals surface area contributed by atoms with Crippen molar-refractivity contribution in [2.75, 3.05) is 0 Å². The second-order valence-corrected chi connectivity index (χ2v) is 5.33. The second kappa shape index (κ2) is 6.92. The van der Waals surface area contributed by atoms with Gasteiger partial charge in [-0.3, -0.25) is 0 Å². The molecule has 1 aromatic heterocycles. The molecule has 0 fully saturated rings. The summed E-state index contributed by atoms with van der Waals surface area (Å²) in [6.07, 6.45) is 4.16. The first kappa shape index (κ1) is 15.2. The molecule has 1 rings (SSSR count). The standard InChI is InChI=1S/C15H23N3O/c1-10(2)7-12(4)13(19)8-14(16)18-15-6-5-11(3)9-17-15/h5-6,8-10,12,19H,7H2,1-4H3,(H2,16,17,18)/b13-8-/t12-/m1/s1. The fourth-order valence-corrected chi connectivity index (χ4v) is 1.81. The van der Waals surface area contributed by atoms with Crippen LogP contribution < -0.4 is 5.73 Å². The number of aromatic nitrogens is 1. The predicted molar refractivity (Wildman–Crippen MR) is 79.6 cm³/mol. The smallest absolute Gasteiger partial charge is 0.154 e. The molecular formula is C15H23N3O. The van der Waals surface area contributed by atoms with E-state index in [9.17, 15) is 5.11 Å². The fraction of sp³-hybridized carbons (Fsp3) is 0.467. The van der Waals surface area contributed by atoms with E-state index in [4.69, 9.17) is 5.73 Å².